The van der Waals surface area contributed by atoms with Crippen molar-refractivity contribution in [3.8, 4) is 0 Å². The second kappa shape index (κ2) is 11.3. The molecule has 174 valence electrons. The highest BCUT2D eigenvalue weighted by Gasteiger charge is 2.17. The van der Waals surface area contributed by atoms with Gasteiger partial charge < -0.3 is 26.1 Å². The molecule has 3 heterocycles. The molecule has 1 aromatic carbocycles. The predicted octanol–water partition coefficient (Wildman–Crippen LogP) is 1.95. The first kappa shape index (κ1) is 24.0. The topological polar surface area (TPSA) is 139 Å². The minimum Gasteiger partial charge on any atom is -0.383 e. The van der Waals surface area contributed by atoms with Crippen LogP contribution in [0.2, 0.25) is 0 Å². The Kier molecular flexibility index (Phi) is 8.20. The number of fused-ring (bicyclic) bond motifs is 1. The molecule has 1 aliphatic heterocycles. The molecule has 3 aromatic rings. The van der Waals surface area contributed by atoms with Gasteiger partial charge in [-0.15, -0.1) is 0 Å². The van der Waals surface area contributed by atoms with E-state index >= 15 is 0 Å². The van der Waals surface area contributed by atoms with Gasteiger partial charge in [0.1, 0.15) is 35.8 Å². The largest absolute Gasteiger partial charge is 0.383 e. The quantitative estimate of drug-likeness (QED) is 0.498. The molecule has 2 aromatic heterocycles. The van der Waals surface area contributed by atoms with E-state index in [1.807, 2.05) is 25.1 Å². The molecule has 1 amide bonds. The Bertz CT molecular complexity index is 1110. The summed E-state index contributed by atoms with van der Waals surface area (Å²) >= 11 is 0. The number of hydrogen-bond donors (Lipinski definition) is 3. The highest BCUT2D eigenvalue weighted by Crippen LogP contribution is 2.19. The van der Waals surface area contributed by atoms with Gasteiger partial charge in [-0.2, -0.15) is 0 Å². The number of carbonyl (C=O) groups excluding carboxylic acids is 2. The number of aromatic nitrogens is 4. The zero-order chi connectivity index (χ0) is 23.8. The molecule has 4 N–H and O–H groups in total. The third-order valence-corrected chi connectivity index (χ3v) is 5.32. The maximum atomic E-state index is 12.6. The van der Waals surface area contributed by atoms with Crippen LogP contribution in [-0.2, 0) is 11.3 Å². The molecule has 0 unspecified atom stereocenters. The molecular weight excluding hydrogens is 420 g/mol. The number of nitrogens with two attached hydrogens (primary N) is 1. The van der Waals surface area contributed by atoms with Gasteiger partial charge >= 0.3 is 0 Å². The van der Waals surface area contributed by atoms with Crippen LogP contribution in [0.5, 0.6) is 0 Å². The Balaban J connectivity index is 0.000000968. The number of aldehydes is 1. The lowest BCUT2D eigenvalue weighted by atomic mass is 10.1. The number of carbonyl (C=O) groups is 2. The van der Waals surface area contributed by atoms with Crippen LogP contribution in [-0.4, -0.2) is 63.2 Å². The average molecular weight is 451 g/mol. The molecule has 0 radical (unpaired) electrons. The summed E-state index contributed by atoms with van der Waals surface area (Å²) in [5.41, 5.74) is 8.04. The number of nitrogen functional groups attached to an aromatic ring is 1. The van der Waals surface area contributed by atoms with Gasteiger partial charge in [0.05, 0.1) is 5.52 Å². The molecule has 1 saturated heterocycles. The third-order valence-electron chi connectivity index (χ3n) is 5.32. The van der Waals surface area contributed by atoms with E-state index in [-0.39, 0.29) is 5.91 Å². The highest BCUT2D eigenvalue weighted by atomic mass is 16.1. The number of nitrogens with one attached hydrogen (secondary N) is 2. The molecule has 10 heteroatoms. The number of benzene rings is 1. The lowest BCUT2D eigenvalue weighted by molar-refractivity contribution is -0.106. The summed E-state index contributed by atoms with van der Waals surface area (Å²) in [5, 5.41) is 7.09. The summed E-state index contributed by atoms with van der Waals surface area (Å²) < 4.78 is 0. The number of likely N-dealkylation sites (tertiary alicyclic amines) is 1. The number of nitrogens with zero attached hydrogens (tertiary/aromatic N) is 5. The Morgan fingerprint density at radius 1 is 1.21 bits per heavy atom. The number of aryl methyl sites for hydroxylation is 1. The van der Waals surface area contributed by atoms with E-state index in [1.165, 1.54) is 13.3 Å². The molecule has 4 rings (SSSR count). The lowest BCUT2D eigenvalue weighted by Gasteiger charge is -2.29. The number of hydrogen-bond acceptors (Lipinski definition) is 9. The van der Waals surface area contributed by atoms with Crippen molar-refractivity contribution in [1.82, 2.24) is 30.2 Å². The third kappa shape index (κ3) is 6.66. The summed E-state index contributed by atoms with van der Waals surface area (Å²) in [5.74, 6) is 1.49. The van der Waals surface area contributed by atoms with E-state index in [9.17, 15) is 4.79 Å². The first-order valence-electron chi connectivity index (χ1n) is 10.9. The average Bonchev–Trinajstić information content (AvgIpc) is 2.80. The summed E-state index contributed by atoms with van der Waals surface area (Å²) in [6, 6.07) is 7.76. The minimum atomic E-state index is -0.253. The lowest BCUT2D eigenvalue weighted by Crippen LogP contribution is -2.37. The van der Waals surface area contributed by atoms with E-state index in [2.05, 4.69) is 42.5 Å². The number of piperidine rings is 1. The number of anilines is 2. The summed E-state index contributed by atoms with van der Waals surface area (Å²) in [7, 11) is 2.13. The monoisotopic (exact) mass is 450 g/mol. The fourth-order valence-corrected chi connectivity index (χ4v) is 3.63. The van der Waals surface area contributed by atoms with Crippen LogP contribution in [0.3, 0.4) is 0 Å². The van der Waals surface area contributed by atoms with Gasteiger partial charge in [-0.25, -0.2) is 19.9 Å². The molecule has 0 atom stereocenters. The smallest absolute Gasteiger partial charge is 0.270 e. The summed E-state index contributed by atoms with van der Waals surface area (Å²) in [6.45, 7) is 5.71. The van der Waals surface area contributed by atoms with Crippen molar-refractivity contribution in [3.05, 3.63) is 47.7 Å². The zero-order valence-corrected chi connectivity index (χ0v) is 19.2. The van der Waals surface area contributed by atoms with Crippen LogP contribution in [0.4, 0.5) is 11.6 Å². The minimum absolute atomic E-state index is 0.253. The van der Waals surface area contributed by atoms with Crippen LogP contribution in [0.15, 0.2) is 30.6 Å². The number of rotatable bonds is 5. The normalized spacial score (nSPS) is 14.3. The zero-order valence-electron chi connectivity index (χ0n) is 19.2. The molecule has 0 saturated carbocycles. The van der Waals surface area contributed by atoms with Crippen LogP contribution in [0.25, 0.3) is 10.9 Å². The Labute approximate surface area is 193 Å². The molecule has 33 heavy (non-hydrogen) atoms. The van der Waals surface area contributed by atoms with Crippen molar-refractivity contribution in [2.75, 3.05) is 31.2 Å². The highest BCUT2D eigenvalue weighted by molar-refractivity contribution is 5.93. The van der Waals surface area contributed by atoms with E-state index in [0.717, 1.165) is 48.7 Å². The van der Waals surface area contributed by atoms with E-state index in [4.69, 9.17) is 10.5 Å². The Hall–Kier alpha value is -3.66. The van der Waals surface area contributed by atoms with Crippen molar-refractivity contribution in [1.29, 1.82) is 0 Å². The van der Waals surface area contributed by atoms with Gasteiger partial charge in [0.15, 0.2) is 0 Å². The van der Waals surface area contributed by atoms with E-state index < -0.39 is 0 Å². The second-order valence-corrected chi connectivity index (χ2v) is 7.94. The SMILES string of the molecule is CC=O.Cc1nc(N)c2cc(CNC(=O)c3cc(NC4CCN(C)CC4)ncn3)ccc2n1. The van der Waals surface area contributed by atoms with Crippen molar-refractivity contribution >= 4 is 34.7 Å². The first-order valence-corrected chi connectivity index (χ1v) is 10.9. The standard InChI is InChI=1S/C21H26N8O.C2H4O/c1-13-26-17-4-3-14(9-16(17)20(22)27-13)11-23-21(30)18-10-19(25-12-24-18)28-15-5-7-29(2)8-6-15;1-2-3/h3-4,9-10,12,15H,5-8,11H2,1-2H3,(H,23,30)(H2,22,26,27)(H,24,25,28);2H,1H3. The van der Waals surface area contributed by atoms with Gasteiger partial charge in [-0.3, -0.25) is 4.79 Å². The maximum absolute atomic E-state index is 12.6. The molecule has 1 fully saturated rings. The Morgan fingerprint density at radius 2 is 1.94 bits per heavy atom. The van der Waals surface area contributed by atoms with Gasteiger partial charge in [-0.05, 0) is 64.5 Å². The van der Waals surface area contributed by atoms with Crippen molar-refractivity contribution in [2.24, 2.45) is 0 Å². The van der Waals surface area contributed by atoms with Gasteiger partial charge in [-0.1, -0.05) is 6.07 Å². The number of amides is 1. The van der Waals surface area contributed by atoms with Crippen molar-refractivity contribution < 1.29 is 9.59 Å². The van der Waals surface area contributed by atoms with Gasteiger partial charge in [0.25, 0.3) is 5.91 Å². The molecule has 0 aliphatic carbocycles. The van der Waals surface area contributed by atoms with E-state index in [1.54, 1.807) is 6.07 Å². The van der Waals surface area contributed by atoms with Crippen LogP contribution >= 0.6 is 0 Å². The van der Waals surface area contributed by atoms with Crippen LogP contribution in [0.1, 0.15) is 41.6 Å². The fraction of sp³-hybridized carbons (Fsp3) is 0.391. The van der Waals surface area contributed by atoms with Gasteiger partial charge in [0.2, 0.25) is 0 Å². The molecular formula is C23H30N8O2. The Morgan fingerprint density at radius 3 is 2.67 bits per heavy atom. The van der Waals surface area contributed by atoms with Crippen molar-refractivity contribution in [2.45, 2.75) is 39.3 Å². The van der Waals surface area contributed by atoms with E-state index in [0.29, 0.717) is 35.7 Å². The summed E-state index contributed by atoms with van der Waals surface area (Å²) in [4.78, 5) is 40.7. The molecule has 0 spiro atoms. The first-order chi connectivity index (χ1) is 15.9. The molecule has 1 aliphatic rings. The van der Waals surface area contributed by atoms with Crippen molar-refractivity contribution in [3.63, 3.8) is 0 Å². The summed E-state index contributed by atoms with van der Waals surface area (Å²) in [6.07, 6.45) is 4.27. The predicted molar refractivity (Wildman–Crippen MR) is 128 cm³/mol. The van der Waals surface area contributed by atoms with Crippen LogP contribution < -0.4 is 16.4 Å². The molecule has 10 nitrogen and oxygen atoms in total. The van der Waals surface area contributed by atoms with Crippen LogP contribution in [0, 0.1) is 6.92 Å². The second-order valence-electron chi connectivity index (χ2n) is 7.94. The van der Waals surface area contributed by atoms with Gasteiger partial charge in [0, 0.05) is 24.0 Å². The fourth-order valence-electron chi connectivity index (χ4n) is 3.63. The molecule has 0 bridgehead atoms. The maximum Gasteiger partial charge on any atom is 0.270 e.